The first kappa shape index (κ1) is 18.7. The second-order valence-electron chi connectivity index (χ2n) is 6.69. The molecule has 0 bridgehead atoms. The Bertz CT molecular complexity index is 692. The van der Waals surface area contributed by atoms with Crippen molar-refractivity contribution in [2.24, 2.45) is 0 Å². The van der Waals surface area contributed by atoms with Gasteiger partial charge in [0.05, 0.1) is 7.11 Å². The van der Waals surface area contributed by atoms with Crippen LogP contribution in [0.1, 0.15) is 24.8 Å². The minimum atomic E-state index is -0.584. The van der Waals surface area contributed by atoms with Gasteiger partial charge in [-0.2, -0.15) is 0 Å². The summed E-state index contributed by atoms with van der Waals surface area (Å²) in [4.78, 5) is 0. The topological polar surface area (TPSA) is 50.7 Å². The van der Waals surface area contributed by atoms with Gasteiger partial charge in [0.15, 0.2) is 0 Å². The maximum atomic E-state index is 13.0. The van der Waals surface area contributed by atoms with Crippen LogP contribution in [0.5, 0.6) is 11.5 Å². The fourth-order valence-electron chi connectivity index (χ4n) is 3.41. The van der Waals surface area contributed by atoms with Gasteiger partial charge in [-0.1, -0.05) is 12.1 Å². The van der Waals surface area contributed by atoms with Crippen LogP contribution in [0.2, 0.25) is 0 Å². The number of aliphatic hydroxyl groups excluding tert-OH is 1. The molecule has 1 fully saturated rings. The van der Waals surface area contributed by atoms with Crippen LogP contribution in [-0.4, -0.2) is 37.0 Å². The van der Waals surface area contributed by atoms with Gasteiger partial charge in [0.2, 0.25) is 0 Å². The Kier molecular flexibility index (Phi) is 6.47. The molecule has 2 N–H and O–H groups in total. The lowest BCUT2D eigenvalue weighted by atomic mass is 9.89. The monoisotopic (exact) mass is 359 g/mol. The predicted octanol–water partition coefficient (Wildman–Crippen LogP) is 3.33. The lowest BCUT2D eigenvalue weighted by molar-refractivity contribution is -0.0151. The standard InChI is InChI=1S/C21H26FNO3/c1-25-18-5-2-4-15(14-18)12-13-23-19-6-3-7-20(21(19)24)26-17-10-8-16(22)9-11-17/h2,4-5,8-11,14,19-21,23-24H,3,6-7,12-13H2,1H3/t19-,20+,21+/m0/s1. The van der Waals surface area contributed by atoms with Crippen molar-refractivity contribution in [2.45, 2.75) is 43.9 Å². The number of hydrogen-bond acceptors (Lipinski definition) is 4. The summed E-state index contributed by atoms with van der Waals surface area (Å²) in [6.07, 6.45) is 2.71. The van der Waals surface area contributed by atoms with Crippen LogP contribution in [0.3, 0.4) is 0 Å². The van der Waals surface area contributed by atoms with E-state index in [9.17, 15) is 9.50 Å². The van der Waals surface area contributed by atoms with Gasteiger partial charge < -0.3 is 19.9 Å². The number of benzene rings is 2. The first-order chi connectivity index (χ1) is 12.7. The highest BCUT2D eigenvalue weighted by atomic mass is 19.1. The second kappa shape index (κ2) is 9.01. The molecule has 1 saturated carbocycles. The molecule has 5 heteroatoms. The number of aliphatic hydroxyl groups is 1. The largest absolute Gasteiger partial charge is 0.497 e. The highest BCUT2D eigenvalue weighted by Gasteiger charge is 2.32. The van der Waals surface area contributed by atoms with E-state index in [1.165, 1.54) is 17.7 Å². The van der Waals surface area contributed by atoms with Crippen LogP contribution in [0.25, 0.3) is 0 Å². The zero-order valence-electron chi connectivity index (χ0n) is 15.0. The molecule has 0 aromatic heterocycles. The lowest BCUT2D eigenvalue weighted by Gasteiger charge is -2.35. The van der Waals surface area contributed by atoms with Crippen molar-refractivity contribution in [3.05, 3.63) is 59.9 Å². The number of ether oxygens (including phenoxy) is 2. The van der Waals surface area contributed by atoms with Crippen LogP contribution in [0.15, 0.2) is 48.5 Å². The zero-order chi connectivity index (χ0) is 18.4. The molecule has 0 amide bonds. The highest BCUT2D eigenvalue weighted by molar-refractivity contribution is 5.28. The Morgan fingerprint density at radius 2 is 1.92 bits per heavy atom. The minimum absolute atomic E-state index is 0.000179. The average molecular weight is 359 g/mol. The van der Waals surface area contributed by atoms with E-state index in [-0.39, 0.29) is 18.0 Å². The fraction of sp³-hybridized carbons (Fsp3) is 0.429. The Morgan fingerprint density at radius 1 is 1.12 bits per heavy atom. The summed E-state index contributed by atoms with van der Waals surface area (Å²) in [7, 11) is 1.66. The molecule has 26 heavy (non-hydrogen) atoms. The van der Waals surface area contributed by atoms with Gasteiger partial charge in [-0.05, 0) is 74.2 Å². The Morgan fingerprint density at radius 3 is 2.69 bits per heavy atom. The molecule has 2 aromatic carbocycles. The molecule has 3 atom stereocenters. The summed E-state index contributed by atoms with van der Waals surface area (Å²) >= 11 is 0. The second-order valence-corrected chi connectivity index (χ2v) is 6.69. The van der Waals surface area contributed by atoms with Crippen molar-refractivity contribution in [2.75, 3.05) is 13.7 Å². The molecule has 140 valence electrons. The first-order valence-corrected chi connectivity index (χ1v) is 9.12. The van der Waals surface area contributed by atoms with E-state index in [1.807, 2.05) is 18.2 Å². The van der Waals surface area contributed by atoms with E-state index >= 15 is 0 Å². The van der Waals surface area contributed by atoms with E-state index in [2.05, 4.69) is 11.4 Å². The van der Waals surface area contributed by atoms with Crippen LogP contribution < -0.4 is 14.8 Å². The molecule has 1 aliphatic rings. The molecular weight excluding hydrogens is 333 g/mol. The lowest BCUT2D eigenvalue weighted by Crippen LogP contribution is -2.51. The molecule has 1 aliphatic carbocycles. The summed E-state index contributed by atoms with van der Waals surface area (Å²) in [5, 5.41) is 14.1. The summed E-state index contributed by atoms with van der Waals surface area (Å²) in [6, 6.07) is 13.9. The van der Waals surface area contributed by atoms with Crippen LogP contribution in [-0.2, 0) is 6.42 Å². The van der Waals surface area contributed by atoms with Gasteiger partial charge in [0.25, 0.3) is 0 Å². The summed E-state index contributed by atoms with van der Waals surface area (Å²) in [6.45, 7) is 0.776. The van der Waals surface area contributed by atoms with Crippen molar-refractivity contribution in [1.29, 1.82) is 0 Å². The Balaban J connectivity index is 1.50. The molecule has 0 saturated heterocycles. The van der Waals surface area contributed by atoms with Gasteiger partial charge in [-0.3, -0.25) is 0 Å². The van der Waals surface area contributed by atoms with Crippen molar-refractivity contribution in [3.8, 4) is 11.5 Å². The third kappa shape index (κ3) is 4.96. The van der Waals surface area contributed by atoms with E-state index in [1.54, 1.807) is 19.2 Å². The molecule has 2 aromatic rings. The Hall–Kier alpha value is -2.11. The van der Waals surface area contributed by atoms with Gasteiger partial charge >= 0.3 is 0 Å². The molecule has 0 unspecified atom stereocenters. The molecule has 3 rings (SSSR count). The van der Waals surface area contributed by atoms with E-state index in [0.29, 0.717) is 5.75 Å². The van der Waals surface area contributed by atoms with Crippen LogP contribution >= 0.6 is 0 Å². The maximum absolute atomic E-state index is 13.0. The maximum Gasteiger partial charge on any atom is 0.126 e. The highest BCUT2D eigenvalue weighted by Crippen LogP contribution is 2.24. The summed E-state index contributed by atoms with van der Waals surface area (Å²) in [5.74, 6) is 1.15. The van der Waals surface area contributed by atoms with E-state index < -0.39 is 6.10 Å². The normalized spacial score (nSPS) is 22.8. The van der Waals surface area contributed by atoms with Gasteiger partial charge in [0.1, 0.15) is 29.5 Å². The number of rotatable bonds is 7. The number of methoxy groups -OCH3 is 1. The van der Waals surface area contributed by atoms with Gasteiger partial charge in [-0.25, -0.2) is 4.39 Å². The minimum Gasteiger partial charge on any atom is -0.497 e. The van der Waals surface area contributed by atoms with Crippen molar-refractivity contribution in [3.63, 3.8) is 0 Å². The van der Waals surface area contributed by atoms with Gasteiger partial charge in [0, 0.05) is 6.04 Å². The summed E-state index contributed by atoms with van der Waals surface area (Å²) < 4.78 is 24.1. The van der Waals surface area contributed by atoms with E-state index in [4.69, 9.17) is 9.47 Å². The molecule has 0 spiro atoms. The van der Waals surface area contributed by atoms with Crippen LogP contribution in [0.4, 0.5) is 4.39 Å². The van der Waals surface area contributed by atoms with Crippen LogP contribution in [0, 0.1) is 5.82 Å². The third-order valence-electron chi connectivity index (χ3n) is 4.85. The van der Waals surface area contributed by atoms with E-state index in [0.717, 1.165) is 38.0 Å². The average Bonchev–Trinajstić information content (AvgIpc) is 2.66. The van der Waals surface area contributed by atoms with Gasteiger partial charge in [-0.15, -0.1) is 0 Å². The smallest absolute Gasteiger partial charge is 0.126 e. The molecule has 0 aliphatic heterocycles. The van der Waals surface area contributed by atoms with Crippen molar-refractivity contribution >= 4 is 0 Å². The number of nitrogens with one attached hydrogen (secondary N) is 1. The predicted molar refractivity (Wildman–Crippen MR) is 99.2 cm³/mol. The Labute approximate surface area is 154 Å². The fourth-order valence-corrected chi connectivity index (χ4v) is 3.41. The molecule has 0 heterocycles. The molecule has 0 radical (unpaired) electrons. The number of halogens is 1. The third-order valence-corrected chi connectivity index (χ3v) is 4.85. The first-order valence-electron chi connectivity index (χ1n) is 9.12. The quantitative estimate of drug-likeness (QED) is 0.796. The molecule has 4 nitrogen and oxygen atoms in total. The number of hydrogen-bond donors (Lipinski definition) is 2. The van der Waals surface area contributed by atoms with Crippen molar-refractivity contribution in [1.82, 2.24) is 5.32 Å². The van der Waals surface area contributed by atoms with Crippen molar-refractivity contribution < 1.29 is 19.0 Å². The molecular formula is C21H26FNO3. The zero-order valence-corrected chi connectivity index (χ0v) is 15.0. The summed E-state index contributed by atoms with van der Waals surface area (Å²) in [5.41, 5.74) is 1.20. The SMILES string of the molecule is COc1cccc(CCN[C@H]2CCC[C@@H](Oc3ccc(F)cc3)[C@@H]2O)c1.